The molecule has 20 heavy (non-hydrogen) atoms. The lowest BCUT2D eigenvalue weighted by Gasteiger charge is -2.05. The van der Waals surface area contributed by atoms with Crippen molar-refractivity contribution in [2.45, 2.75) is 6.18 Å². The van der Waals surface area contributed by atoms with E-state index < -0.39 is 17.6 Å². The van der Waals surface area contributed by atoms with Crippen molar-refractivity contribution in [3.8, 4) is 11.3 Å². The van der Waals surface area contributed by atoms with Crippen LogP contribution in [0.1, 0.15) is 5.56 Å². The summed E-state index contributed by atoms with van der Waals surface area (Å²) in [5.74, 6) is -0.532. The molecule has 2 aromatic heterocycles. The maximum Gasteiger partial charge on any atom is 0.416 e. The first kappa shape index (κ1) is 12.7. The van der Waals surface area contributed by atoms with E-state index in [0.717, 1.165) is 18.3 Å². The number of alkyl halides is 3. The van der Waals surface area contributed by atoms with Crippen LogP contribution in [0.25, 0.3) is 22.2 Å². The fraction of sp³-hybridized carbons (Fsp3) is 0.0714. The van der Waals surface area contributed by atoms with Crippen molar-refractivity contribution in [2.75, 3.05) is 0 Å². The fourth-order valence-corrected chi connectivity index (χ4v) is 2.05. The predicted molar refractivity (Wildman–Crippen MR) is 66.5 cm³/mol. The summed E-state index contributed by atoms with van der Waals surface area (Å²) in [5.41, 5.74) is 0.471. The van der Waals surface area contributed by atoms with E-state index in [9.17, 15) is 17.6 Å². The highest BCUT2D eigenvalue weighted by molar-refractivity contribution is 5.86. The number of nitrogens with zero attached hydrogens (tertiary/aromatic N) is 1. The Labute approximate surface area is 111 Å². The van der Waals surface area contributed by atoms with Gasteiger partial charge in [0.15, 0.2) is 5.82 Å². The standard InChI is InChI=1S/C14H8F4N2/c15-11-7-19-4-3-10(11)13-6-8-5-9(14(16,17)18)1-2-12(8)20-13/h1-7,20H. The molecule has 1 aromatic carbocycles. The largest absolute Gasteiger partial charge is 0.416 e. The normalized spacial score (nSPS) is 12.0. The summed E-state index contributed by atoms with van der Waals surface area (Å²) in [6, 6.07) is 6.31. The van der Waals surface area contributed by atoms with Crippen LogP contribution in [0.5, 0.6) is 0 Å². The monoisotopic (exact) mass is 280 g/mol. The summed E-state index contributed by atoms with van der Waals surface area (Å²) < 4.78 is 51.5. The molecule has 0 saturated carbocycles. The van der Waals surface area contributed by atoms with Gasteiger partial charge >= 0.3 is 6.18 Å². The second-order valence-corrected chi connectivity index (χ2v) is 4.34. The Hall–Kier alpha value is -2.37. The maximum absolute atomic E-state index is 13.6. The van der Waals surface area contributed by atoms with Gasteiger partial charge in [-0.05, 0) is 30.3 Å². The number of aromatic nitrogens is 2. The van der Waals surface area contributed by atoms with Gasteiger partial charge in [-0.2, -0.15) is 13.2 Å². The first-order valence-corrected chi connectivity index (χ1v) is 5.75. The van der Waals surface area contributed by atoms with Gasteiger partial charge < -0.3 is 4.98 Å². The van der Waals surface area contributed by atoms with Crippen molar-refractivity contribution in [3.05, 3.63) is 54.1 Å². The van der Waals surface area contributed by atoms with Gasteiger partial charge in [-0.15, -0.1) is 0 Å². The molecule has 2 heterocycles. The van der Waals surface area contributed by atoms with Crippen LogP contribution in [-0.4, -0.2) is 9.97 Å². The summed E-state index contributed by atoms with van der Waals surface area (Å²) in [5, 5.41) is 0.381. The molecule has 0 atom stereocenters. The minimum Gasteiger partial charge on any atom is -0.354 e. The quantitative estimate of drug-likeness (QED) is 0.658. The van der Waals surface area contributed by atoms with Crippen LogP contribution in [0.3, 0.4) is 0 Å². The highest BCUT2D eigenvalue weighted by Crippen LogP contribution is 2.33. The molecule has 0 bridgehead atoms. The molecule has 0 fully saturated rings. The Bertz CT molecular complexity index is 774. The van der Waals surface area contributed by atoms with Crippen molar-refractivity contribution < 1.29 is 17.6 Å². The van der Waals surface area contributed by atoms with E-state index in [4.69, 9.17) is 0 Å². The number of benzene rings is 1. The van der Waals surface area contributed by atoms with Crippen molar-refractivity contribution in [1.29, 1.82) is 0 Å². The van der Waals surface area contributed by atoms with Gasteiger partial charge in [-0.3, -0.25) is 4.98 Å². The molecule has 0 aliphatic heterocycles. The summed E-state index contributed by atoms with van der Waals surface area (Å²) in [6.45, 7) is 0. The molecule has 0 aliphatic rings. The number of pyridine rings is 1. The highest BCUT2D eigenvalue weighted by atomic mass is 19.4. The topological polar surface area (TPSA) is 28.7 Å². The average molecular weight is 280 g/mol. The zero-order valence-electron chi connectivity index (χ0n) is 10.0. The SMILES string of the molecule is Fc1cnccc1-c1cc2cc(C(F)(F)F)ccc2[nH]1. The summed E-state index contributed by atoms with van der Waals surface area (Å²) in [7, 11) is 0. The number of aromatic amines is 1. The predicted octanol–water partition coefficient (Wildman–Crippen LogP) is 4.39. The number of hydrogen-bond donors (Lipinski definition) is 1. The van der Waals surface area contributed by atoms with Gasteiger partial charge in [0.05, 0.1) is 11.8 Å². The van der Waals surface area contributed by atoms with Crippen LogP contribution in [0.2, 0.25) is 0 Å². The van der Waals surface area contributed by atoms with Gasteiger partial charge in [0, 0.05) is 28.4 Å². The number of rotatable bonds is 1. The minimum absolute atomic E-state index is 0.268. The summed E-state index contributed by atoms with van der Waals surface area (Å²) >= 11 is 0. The van der Waals surface area contributed by atoms with Gasteiger partial charge in [0.1, 0.15) is 0 Å². The molecule has 0 saturated heterocycles. The van der Waals surface area contributed by atoms with Gasteiger partial charge in [-0.25, -0.2) is 4.39 Å². The minimum atomic E-state index is -4.40. The maximum atomic E-state index is 13.6. The smallest absolute Gasteiger partial charge is 0.354 e. The van der Waals surface area contributed by atoms with Gasteiger partial charge in [-0.1, -0.05) is 0 Å². The van der Waals surface area contributed by atoms with Crippen LogP contribution in [0, 0.1) is 5.82 Å². The molecule has 3 rings (SSSR count). The summed E-state index contributed by atoms with van der Waals surface area (Å²) in [6.07, 6.45) is -1.92. The van der Waals surface area contributed by atoms with E-state index in [1.807, 2.05) is 0 Å². The van der Waals surface area contributed by atoms with Gasteiger partial charge in [0.2, 0.25) is 0 Å². The molecule has 6 heteroatoms. The van der Waals surface area contributed by atoms with Crippen LogP contribution >= 0.6 is 0 Å². The first-order valence-electron chi connectivity index (χ1n) is 5.75. The Morgan fingerprint density at radius 2 is 1.85 bits per heavy atom. The number of nitrogens with one attached hydrogen (secondary N) is 1. The Balaban J connectivity index is 2.14. The molecule has 3 aromatic rings. The van der Waals surface area contributed by atoms with E-state index >= 15 is 0 Å². The van der Waals surface area contributed by atoms with Crippen LogP contribution in [-0.2, 0) is 6.18 Å². The number of halogens is 4. The molecule has 0 spiro atoms. The van der Waals surface area contributed by atoms with E-state index in [1.54, 1.807) is 0 Å². The Morgan fingerprint density at radius 3 is 2.55 bits per heavy atom. The molecule has 0 unspecified atom stereocenters. The van der Waals surface area contributed by atoms with E-state index in [2.05, 4.69) is 9.97 Å². The zero-order chi connectivity index (χ0) is 14.3. The lowest BCUT2D eigenvalue weighted by atomic mass is 10.1. The molecule has 0 radical (unpaired) electrons. The van der Waals surface area contributed by atoms with Crippen LogP contribution in [0.4, 0.5) is 17.6 Å². The van der Waals surface area contributed by atoms with Crippen LogP contribution < -0.4 is 0 Å². The second-order valence-electron chi connectivity index (χ2n) is 4.34. The Kier molecular flexibility index (Phi) is 2.74. The third-order valence-electron chi connectivity index (χ3n) is 3.01. The number of hydrogen-bond acceptors (Lipinski definition) is 1. The first-order chi connectivity index (χ1) is 9.45. The van der Waals surface area contributed by atoms with Crippen molar-refractivity contribution >= 4 is 10.9 Å². The van der Waals surface area contributed by atoms with Crippen molar-refractivity contribution in [2.24, 2.45) is 0 Å². The molecule has 1 N–H and O–H groups in total. The fourth-order valence-electron chi connectivity index (χ4n) is 2.05. The summed E-state index contributed by atoms with van der Waals surface area (Å²) in [4.78, 5) is 6.53. The van der Waals surface area contributed by atoms with Crippen LogP contribution in [0.15, 0.2) is 42.7 Å². The molecule has 0 aliphatic carbocycles. The van der Waals surface area contributed by atoms with Gasteiger partial charge in [0.25, 0.3) is 0 Å². The third-order valence-corrected chi connectivity index (χ3v) is 3.01. The van der Waals surface area contributed by atoms with E-state index in [0.29, 0.717) is 16.6 Å². The number of fused-ring (bicyclic) bond motifs is 1. The Morgan fingerprint density at radius 1 is 1.05 bits per heavy atom. The molecular weight excluding hydrogens is 272 g/mol. The number of H-pyrrole nitrogens is 1. The van der Waals surface area contributed by atoms with Crippen molar-refractivity contribution in [1.82, 2.24) is 9.97 Å². The second kappa shape index (κ2) is 4.33. The zero-order valence-corrected chi connectivity index (χ0v) is 10.0. The average Bonchev–Trinajstić information content (AvgIpc) is 2.80. The van der Waals surface area contributed by atoms with E-state index in [-0.39, 0.29) is 5.56 Å². The molecular formula is C14H8F4N2. The molecule has 102 valence electrons. The molecule has 0 amide bonds. The van der Waals surface area contributed by atoms with E-state index in [1.165, 1.54) is 24.4 Å². The lowest BCUT2D eigenvalue weighted by molar-refractivity contribution is -0.137. The highest BCUT2D eigenvalue weighted by Gasteiger charge is 2.30. The lowest BCUT2D eigenvalue weighted by Crippen LogP contribution is -2.03. The van der Waals surface area contributed by atoms with Crippen molar-refractivity contribution in [3.63, 3.8) is 0 Å². The molecule has 2 nitrogen and oxygen atoms in total. The third kappa shape index (κ3) is 2.13.